The first kappa shape index (κ1) is 14.7. The fraction of sp³-hybridized carbons (Fsp3) is 0.188. The number of carbonyl (C=O) groups excluding carboxylic acids is 1. The van der Waals surface area contributed by atoms with Gasteiger partial charge in [0.15, 0.2) is 0 Å². The van der Waals surface area contributed by atoms with Crippen LogP contribution in [0.15, 0.2) is 30.3 Å². The fourth-order valence-corrected chi connectivity index (χ4v) is 1.96. The molecule has 5 nitrogen and oxygen atoms in total. The highest BCUT2D eigenvalue weighted by Gasteiger charge is 2.14. The van der Waals surface area contributed by atoms with Crippen LogP contribution in [0, 0.1) is 13.8 Å². The Kier molecular flexibility index (Phi) is 4.03. The minimum absolute atomic E-state index is 0.153. The number of nitrogens with one attached hydrogen (secondary N) is 1. The molecule has 21 heavy (non-hydrogen) atoms. The summed E-state index contributed by atoms with van der Waals surface area (Å²) < 4.78 is 4.98. The summed E-state index contributed by atoms with van der Waals surface area (Å²) in [6.07, 6.45) is 0. The molecule has 0 spiro atoms. The lowest BCUT2D eigenvalue weighted by Gasteiger charge is -2.12. The Morgan fingerprint density at radius 2 is 1.76 bits per heavy atom. The Bertz CT molecular complexity index is 695. The number of rotatable bonds is 3. The topological polar surface area (TPSA) is 78.8 Å². The van der Waals surface area contributed by atoms with Crippen LogP contribution in [0.4, 0.5) is 5.69 Å². The van der Waals surface area contributed by atoms with Crippen molar-refractivity contribution in [1.82, 2.24) is 0 Å². The maximum atomic E-state index is 12.2. The van der Waals surface area contributed by atoms with Crippen LogP contribution in [0.25, 0.3) is 0 Å². The molecule has 1 amide bonds. The number of carbonyl (C=O) groups is 1. The van der Waals surface area contributed by atoms with Gasteiger partial charge in [0, 0.05) is 11.8 Å². The Labute approximate surface area is 122 Å². The number of amides is 1. The molecule has 0 aliphatic rings. The monoisotopic (exact) mass is 287 g/mol. The zero-order valence-electron chi connectivity index (χ0n) is 12.1. The fourth-order valence-electron chi connectivity index (χ4n) is 1.96. The van der Waals surface area contributed by atoms with Crippen LogP contribution in [0.2, 0.25) is 0 Å². The summed E-state index contributed by atoms with van der Waals surface area (Å²) >= 11 is 0. The molecule has 0 fully saturated rings. The second-order valence-electron chi connectivity index (χ2n) is 4.79. The Balaban J connectivity index is 2.28. The lowest BCUT2D eigenvalue weighted by molar-refractivity contribution is 0.102. The van der Waals surface area contributed by atoms with Gasteiger partial charge in [0.25, 0.3) is 5.91 Å². The maximum absolute atomic E-state index is 12.2. The van der Waals surface area contributed by atoms with Crippen LogP contribution < -0.4 is 10.1 Å². The molecular formula is C16H17NO4. The lowest BCUT2D eigenvalue weighted by Crippen LogP contribution is -2.13. The van der Waals surface area contributed by atoms with Crippen LogP contribution in [-0.2, 0) is 0 Å². The van der Waals surface area contributed by atoms with Crippen LogP contribution in [0.5, 0.6) is 17.2 Å². The number of phenolic OH excluding ortho intramolecular Hbond substituents is 2. The summed E-state index contributed by atoms with van der Waals surface area (Å²) in [6.45, 7) is 3.53. The van der Waals surface area contributed by atoms with Gasteiger partial charge in [-0.25, -0.2) is 0 Å². The van der Waals surface area contributed by atoms with Crippen molar-refractivity contribution in [2.24, 2.45) is 0 Å². The van der Waals surface area contributed by atoms with Gasteiger partial charge in [-0.1, -0.05) is 0 Å². The van der Waals surface area contributed by atoms with Crippen molar-refractivity contribution in [3.63, 3.8) is 0 Å². The first-order chi connectivity index (χ1) is 9.92. The molecule has 0 atom stereocenters. The quantitative estimate of drug-likeness (QED) is 0.758. The number of hydrogen-bond acceptors (Lipinski definition) is 4. The summed E-state index contributed by atoms with van der Waals surface area (Å²) in [5.41, 5.74) is 2.14. The van der Waals surface area contributed by atoms with Crippen molar-refractivity contribution >= 4 is 11.6 Å². The molecule has 3 N–H and O–H groups in total. The van der Waals surface area contributed by atoms with Gasteiger partial charge in [0.1, 0.15) is 17.2 Å². The largest absolute Gasteiger partial charge is 0.508 e. The molecular weight excluding hydrogens is 270 g/mol. The Hall–Kier alpha value is -2.69. The van der Waals surface area contributed by atoms with E-state index in [1.165, 1.54) is 19.2 Å². The third kappa shape index (κ3) is 3.08. The van der Waals surface area contributed by atoms with Gasteiger partial charge in [-0.3, -0.25) is 4.79 Å². The van der Waals surface area contributed by atoms with Crippen LogP contribution >= 0.6 is 0 Å². The van der Waals surface area contributed by atoms with E-state index in [0.717, 1.165) is 5.56 Å². The third-order valence-electron chi connectivity index (χ3n) is 3.24. The highest BCUT2D eigenvalue weighted by Crippen LogP contribution is 2.27. The SMILES string of the molecule is COc1ccc(C(=O)Nc2cc(C)c(O)cc2C)c(O)c1. The first-order valence-corrected chi connectivity index (χ1v) is 6.41. The second kappa shape index (κ2) is 5.75. The second-order valence-corrected chi connectivity index (χ2v) is 4.79. The lowest BCUT2D eigenvalue weighted by atomic mass is 10.1. The molecule has 2 aromatic carbocycles. The molecule has 110 valence electrons. The summed E-state index contributed by atoms with van der Waals surface area (Å²) in [7, 11) is 1.48. The van der Waals surface area contributed by atoms with Crippen molar-refractivity contribution in [3.05, 3.63) is 47.0 Å². The van der Waals surface area contributed by atoms with E-state index in [1.54, 1.807) is 32.0 Å². The van der Waals surface area contributed by atoms with Gasteiger partial charge in [-0.2, -0.15) is 0 Å². The van der Waals surface area contributed by atoms with Crippen molar-refractivity contribution in [2.75, 3.05) is 12.4 Å². The van der Waals surface area contributed by atoms with Crippen LogP contribution in [0.1, 0.15) is 21.5 Å². The summed E-state index contributed by atoms with van der Waals surface area (Å²) in [6, 6.07) is 7.74. The maximum Gasteiger partial charge on any atom is 0.259 e. The molecule has 0 bridgehead atoms. The predicted molar refractivity (Wildman–Crippen MR) is 80.2 cm³/mol. The van der Waals surface area contributed by atoms with Crippen molar-refractivity contribution in [2.45, 2.75) is 13.8 Å². The van der Waals surface area contributed by atoms with Gasteiger partial charge in [0.05, 0.1) is 12.7 Å². The number of benzene rings is 2. The smallest absolute Gasteiger partial charge is 0.259 e. The number of ether oxygens (including phenoxy) is 1. The molecule has 0 aliphatic heterocycles. The summed E-state index contributed by atoms with van der Waals surface area (Å²) in [5, 5.41) is 22.2. The zero-order valence-corrected chi connectivity index (χ0v) is 12.1. The highest BCUT2D eigenvalue weighted by atomic mass is 16.5. The molecule has 2 aromatic rings. The average Bonchev–Trinajstić information content (AvgIpc) is 2.44. The predicted octanol–water partition coefficient (Wildman–Crippen LogP) is 2.98. The van der Waals surface area contributed by atoms with E-state index in [0.29, 0.717) is 17.0 Å². The van der Waals surface area contributed by atoms with E-state index < -0.39 is 5.91 Å². The number of phenols is 2. The van der Waals surface area contributed by atoms with Gasteiger partial charge >= 0.3 is 0 Å². The minimum atomic E-state index is -0.427. The Morgan fingerprint density at radius 1 is 1.05 bits per heavy atom. The van der Waals surface area contributed by atoms with E-state index in [2.05, 4.69) is 5.32 Å². The minimum Gasteiger partial charge on any atom is -0.508 e. The number of methoxy groups -OCH3 is 1. The standard InChI is InChI=1S/C16H17NO4/c1-9-7-14(18)10(2)6-13(9)17-16(20)12-5-4-11(21-3)8-15(12)19/h4-8,18-19H,1-3H3,(H,17,20). The molecule has 0 unspecified atom stereocenters. The van der Waals surface area contributed by atoms with Crippen LogP contribution in [-0.4, -0.2) is 23.2 Å². The molecule has 2 rings (SSSR count). The molecule has 5 heteroatoms. The molecule has 0 aliphatic carbocycles. The van der Waals surface area contributed by atoms with Crippen molar-refractivity contribution < 1.29 is 19.7 Å². The van der Waals surface area contributed by atoms with E-state index in [4.69, 9.17) is 4.74 Å². The number of aromatic hydroxyl groups is 2. The third-order valence-corrected chi connectivity index (χ3v) is 3.24. The molecule has 0 radical (unpaired) electrons. The molecule has 0 saturated carbocycles. The van der Waals surface area contributed by atoms with Gasteiger partial charge in [-0.05, 0) is 49.2 Å². The van der Waals surface area contributed by atoms with Crippen molar-refractivity contribution in [1.29, 1.82) is 0 Å². The average molecular weight is 287 g/mol. The summed E-state index contributed by atoms with van der Waals surface area (Å²) in [4.78, 5) is 12.2. The molecule has 0 heterocycles. The summed E-state index contributed by atoms with van der Waals surface area (Å²) in [5.74, 6) is 0.0712. The molecule has 0 saturated heterocycles. The number of aryl methyl sites for hydroxylation is 2. The van der Waals surface area contributed by atoms with E-state index in [-0.39, 0.29) is 17.1 Å². The number of hydrogen-bond donors (Lipinski definition) is 3. The van der Waals surface area contributed by atoms with Gasteiger partial charge < -0.3 is 20.3 Å². The number of anilines is 1. The van der Waals surface area contributed by atoms with Gasteiger partial charge in [-0.15, -0.1) is 0 Å². The zero-order chi connectivity index (χ0) is 15.6. The van der Waals surface area contributed by atoms with Gasteiger partial charge in [0.2, 0.25) is 0 Å². The molecule has 0 aromatic heterocycles. The van der Waals surface area contributed by atoms with E-state index in [9.17, 15) is 15.0 Å². The van der Waals surface area contributed by atoms with E-state index >= 15 is 0 Å². The highest BCUT2D eigenvalue weighted by molar-refractivity contribution is 6.06. The Morgan fingerprint density at radius 3 is 2.38 bits per heavy atom. The van der Waals surface area contributed by atoms with E-state index in [1.807, 2.05) is 0 Å². The normalized spacial score (nSPS) is 10.2. The first-order valence-electron chi connectivity index (χ1n) is 6.41. The van der Waals surface area contributed by atoms with Crippen molar-refractivity contribution in [3.8, 4) is 17.2 Å². The van der Waals surface area contributed by atoms with Crippen LogP contribution in [0.3, 0.4) is 0 Å².